The van der Waals surface area contributed by atoms with E-state index in [9.17, 15) is 4.39 Å². The SMILES string of the molecule is COCCNC(=S)Nc1cnn(Cc2ccccc2F)c1. The number of rotatable bonds is 6. The van der Waals surface area contributed by atoms with E-state index in [0.29, 0.717) is 30.4 Å². The summed E-state index contributed by atoms with van der Waals surface area (Å²) in [5, 5.41) is 10.7. The Morgan fingerprint density at radius 2 is 2.24 bits per heavy atom. The fourth-order valence-electron chi connectivity index (χ4n) is 1.76. The summed E-state index contributed by atoms with van der Waals surface area (Å²) in [6.07, 6.45) is 3.42. The maximum atomic E-state index is 13.6. The molecule has 7 heteroatoms. The molecule has 21 heavy (non-hydrogen) atoms. The van der Waals surface area contributed by atoms with Gasteiger partial charge in [0.05, 0.1) is 25.0 Å². The molecule has 2 rings (SSSR count). The molecule has 0 atom stereocenters. The van der Waals surface area contributed by atoms with Crippen LogP contribution in [0.3, 0.4) is 0 Å². The molecule has 0 aliphatic carbocycles. The van der Waals surface area contributed by atoms with E-state index in [1.165, 1.54) is 6.07 Å². The fraction of sp³-hybridized carbons (Fsp3) is 0.286. The van der Waals surface area contributed by atoms with Crippen LogP contribution in [0.1, 0.15) is 5.56 Å². The average Bonchev–Trinajstić information content (AvgIpc) is 2.89. The number of anilines is 1. The van der Waals surface area contributed by atoms with Crippen molar-refractivity contribution in [2.24, 2.45) is 0 Å². The first kappa shape index (κ1) is 15.4. The minimum absolute atomic E-state index is 0.237. The zero-order valence-corrected chi connectivity index (χ0v) is 12.5. The van der Waals surface area contributed by atoms with Crippen LogP contribution < -0.4 is 10.6 Å². The predicted molar refractivity (Wildman–Crippen MR) is 83.8 cm³/mol. The van der Waals surface area contributed by atoms with Crippen LogP contribution in [0.5, 0.6) is 0 Å². The molecule has 0 fully saturated rings. The molecule has 0 radical (unpaired) electrons. The highest BCUT2D eigenvalue weighted by molar-refractivity contribution is 7.80. The van der Waals surface area contributed by atoms with Crippen LogP contribution in [-0.4, -0.2) is 35.2 Å². The summed E-state index contributed by atoms with van der Waals surface area (Å²) in [7, 11) is 1.63. The summed E-state index contributed by atoms with van der Waals surface area (Å²) in [5.74, 6) is -0.237. The Hall–Kier alpha value is -1.99. The second kappa shape index (κ2) is 7.70. The summed E-state index contributed by atoms with van der Waals surface area (Å²) in [4.78, 5) is 0. The number of ether oxygens (including phenoxy) is 1. The van der Waals surface area contributed by atoms with Crippen molar-refractivity contribution in [3.63, 3.8) is 0 Å². The number of nitrogens with zero attached hydrogens (tertiary/aromatic N) is 2. The molecule has 2 N–H and O–H groups in total. The number of methoxy groups -OCH3 is 1. The minimum atomic E-state index is -0.237. The second-order valence-electron chi connectivity index (χ2n) is 4.39. The van der Waals surface area contributed by atoms with Crippen molar-refractivity contribution < 1.29 is 9.13 Å². The summed E-state index contributed by atoms with van der Waals surface area (Å²) < 4.78 is 20.1. The number of thiocarbonyl (C=S) groups is 1. The van der Waals surface area contributed by atoms with E-state index < -0.39 is 0 Å². The van der Waals surface area contributed by atoms with Gasteiger partial charge in [0.25, 0.3) is 0 Å². The zero-order chi connectivity index (χ0) is 15.1. The van der Waals surface area contributed by atoms with Crippen LogP contribution in [-0.2, 0) is 11.3 Å². The van der Waals surface area contributed by atoms with Gasteiger partial charge in [-0.3, -0.25) is 4.68 Å². The molecular formula is C14H17FN4OS. The molecule has 2 aromatic rings. The molecule has 0 aliphatic rings. The lowest BCUT2D eigenvalue weighted by Gasteiger charge is -2.07. The van der Waals surface area contributed by atoms with Crippen molar-refractivity contribution in [3.05, 3.63) is 48.0 Å². The first-order valence-electron chi connectivity index (χ1n) is 6.48. The van der Waals surface area contributed by atoms with E-state index in [0.717, 1.165) is 5.69 Å². The van der Waals surface area contributed by atoms with E-state index in [-0.39, 0.29) is 5.82 Å². The number of hydrogen-bond acceptors (Lipinski definition) is 3. The molecule has 5 nitrogen and oxygen atoms in total. The van der Waals surface area contributed by atoms with Gasteiger partial charge >= 0.3 is 0 Å². The Morgan fingerprint density at radius 1 is 1.43 bits per heavy atom. The monoisotopic (exact) mass is 308 g/mol. The van der Waals surface area contributed by atoms with Crippen LogP contribution in [0.25, 0.3) is 0 Å². The van der Waals surface area contributed by atoms with Crippen molar-refractivity contribution >= 4 is 23.0 Å². The molecule has 0 aliphatic heterocycles. The molecule has 0 spiro atoms. The predicted octanol–water partition coefficient (Wildman–Crippen LogP) is 2.00. The van der Waals surface area contributed by atoms with Gasteiger partial charge in [0.1, 0.15) is 5.82 Å². The van der Waals surface area contributed by atoms with Crippen LogP contribution in [0, 0.1) is 5.82 Å². The third-order valence-corrected chi connectivity index (χ3v) is 3.02. The summed E-state index contributed by atoms with van der Waals surface area (Å²) in [5.41, 5.74) is 1.34. The van der Waals surface area contributed by atoms with E-state index in [1.54, 1.807) is 42.4 Å². The molecule has 0 saturated carbocycles. The van der Waals surface area contributed by atoms with E-state index >= 15 is 0 Å². The first-order chi connectivity index (χ1) is 10.2. The van der Waals surface area contributed by atoms with Crippen LogP contribution in [0.15, 0.2) is 36.7 Å². The van der Waals surface area contributed by atoms with Crippen LogP contribution in [0.4, 0.5) is 10.1 Å². The third-order valence-electron chi connectivity index (χ3n) is 2.77. The number of hydrogen-bond donors (Lipinski definition) is 2. The molecule has 0 bridgehead atoms. The fourth-order valence-corrected chi connectivity index (χ4v) is 1.98. The molecule has 0 saturated heterocycles. The smallest absolute Gasteiger partial charge is 0.170 e. The molecule has 0 amide bonds. The van der Waals surface area contributed by atoms with Crippen molar-refractivity contribution in [2.75, 3.05) is 25.6 Å². The lowest BCUT2D eigenvalue weighted by atomic mass is 10.2. The van der Waals surface area contributed by atoms with E-state index in [4.69, 9.17) is 17.0 Å². The molecular weight excluding hydrogens is 291 g/mol. The molecule has 1 aromatic heterocycles. The first-order valence-corrected chi connectivity index (χ1v) is 6.89. The number of benzene rings is 1. The van der Waals surface area contributed by atoms with Crippen molar-refractivity contribution in [1.82, 2.24) is 15.1 Å². The van der Waals surface area contributed by atoms with Gasteiger partial charge in [-0.2, -0.15) is 5.10 Å². The number of nitrogens with one attached hydrogen (secondary N) is 2. The van der Waals surface area contributed by atoms with E-state index in [1.807, 2.05) is 0 Å². The van der Waals surface area contributed by atoms with Gasteiger partial charge in [-0.15, -0.1) is 0 Å². The van der Waals surface area contributed by atoms with Crippen molar-refractivity contribution in [1.29, 1.82) is 0 Å². The Labute approximate surface area is 128 Å². The van der Waals surface area contributed by atoms with Gasteiger partial charge < -0.3 is 15.4 Å². The third kappa shape index (κ3) is 4.80. The van der Waals surface area contributed by atoms with Crippen LogP contribution >= 0.6 is 12.2 Å². The summed E-state index contributed by atoms with van der Waals surface area (Å²) >= 11 is 5.13. The normalized spacial score (nSPS) is 10.4. The molecule has 112 valence electrons. The topological polar surface area (TPSA) is 51.1 Å². The maximum absolute atomic E-state index is 13.6. The molecule has 1 aromatic carbocycles. The Balaban J connectivity index is 1.89. The highest BCUT2D eigenvalue weighted by Gasteiger charge is 2.04. The maximum Gasteiger partial charge on any atom is 0.170 e. The van der Waals surface area contributed by atoms with Gasteiger partial charge in [0, 0.05) is 25.4 Å². The molecule has 1 heterocycles. The minimum Gasteiger partial charge on any atom is -0.383 e. The second-order valence-corrected chi connectivity index (χ2v) is 4.80. The highest BCUT2D eigenvalue weighted by Crippen LogP contribution is 2.10. The average molecular weight is 308 g/mol. The van der Waals surface area contributed by atoms with Crippen LogP contribution in [0.2, 0.25) is 0 Å². The van der Waals surface area contributed by atoms with Crippen molar-refractivity contribution in [2.45, 2.75) is 6.54 Å². The summed E-state index contributed by atoms with van der Waals surface area (Å²) in [6.45, 7) is 1.58. The van der Waals surface area contributed by atoms with Gasteiger partial charge in [0.2, 0.25) is 0 Å². The Bertz CT molecular complexity index is 602. The van der Waals surface area contributed by atoms with Gasteiger partial charge in [-0.05, 0) is 18.3 Å². The quantitative estimate of drug-likeness (QED) is 0.631. The van der Waals surface area contributed by atoms with Gasteiger partial charge in [-0.25, -0.2) is 4.39 Å². The highest BCUT2D eigenvalue weighted by atomic mass is 32.1. The molecule has 0 unspecified atom stereocenters. The van der Waals surface area contributed by atoms with Gasteiger partial charge in [-0.1, -0.05) is 18.2 Å². The van der Waals surface area contributed by atoms with E-state index in [2.05, 4.69) is 15.7 Å². The lowest BCUT2D eigenvalue weighted by Crippen LogP contribution is -2.30. The Kier molecular flexibility index (Phi) is 5.65. The lowest BCUT2D eigenvalue weighted by molar-refractivity contribution is 0.204. The van der Waals surface area contributed by atoms with Gasteiger partial charge in [0.15, 0.2) is 5.11 Å². The van der Waals surface area contributed by atoms with Crippen molar-refractivity contribution in [3.8, 4) is 0 Å². The largest absolute Gasteiger partial charge is 0.383 e. The standard InChI is InChI=1S/C14H17FN4OS/c1-20-7-6-16-14(21)18-12-8-17-19(10-12)9-11-4-2-3-5-13(11)15/h2-5,8,10H,6-7,9H2,1H3,(H2,16,18,21). The number of aromatic nitrogens is 2. The zero-order valence-electron chi connectivity index (χ0n) is 11.7. The number of halogens is 1. The Morgan fingerprint density at radius 3 is 3.00 bits per heavy atom. The summed E-state index contributed by atoms with van der Waals surface area (Å²) in [6, 6.07) is 6.64.